The zero-order valence-corrected chi connectivity index (χ0v) is 14.8. The predicted molar refractivity (Wildman–Crippen MR) is 93.3 cm³/mol. The molecule has 1 N–H and O–H groups in total. The third-order valence-electron chi connectivity index (χ3n) is 4.27. The minimum absolute atomic E-state index is 0.0961. The van der Waals surface area contributed by atoms with Crippen molar-refractivity contribution in [3.8, 4) is 0 Å². The molecule has 0 bridgehead atoms. The number of nitrogens with one attached hydrogen (secondary N) is 1. The molecule has 0 spiro atoms. The summed E-state index contributed by atoms with van der Waals surface area (Å²) in [6.07, 6.45) is 2.57. The first-order chi connectivity index (χ1) is 9.79. The highest BCUT2D eigenvalue weighted by Gasteiger charge is 2.29. The number of hydrogen-bond acceptors (Lipinski definition) is 2. The van der Waals surface area contributed by atoms with Crippen molar-refractivity contribution in [1.29, 1.82) is 0 Å². The van der Waals surface area contributed by atoms with E-state index in [-0.39, 0.29) is 5.54 Å². The van der Waals surface area contributed by atoms with Crippen molar-refractivity contribution in [3.05, 3.63) is 28.8 Å². The quantitative estimate of drug-likeness (QED) is 0.855. The van der Waals surface area contributed by atoms with Gasteiger partial charge in [-0.2, -0.15) is 0 Å². The Morgan fingerprint density at radius 3 is 2.67 bits per heavy atom. The van der Waals surface area contributed by atoms with Gasteiger partial charge in [0, 0.05) is 40.9 Å². The number of anilines is 1. The van der Waals surface area contributed by atoms with Gasteiger partial charge in [-0.1, -0.05) is 31.5 Å². The summed E-state index contributed by atoms with van der Waals surface area (Å²) in [5.41, 5.74) is 2.65. The number of nitrogens with zero attached hydrogens (tertiary/aromatic N) is 1. The second-order valence-corrected chi connectivity index (χ2v) is 7.90. The number of rotatable bonds is 4. The zero-order valence-electron chi connectivity index (χ0n) is 14.0. The fraction of sp³-hybridized carbons (Fsp3) is 0.667. The average molecular weight is 309 g/mol. The van der Waals surface area contributed by atoms with Crippen LogP contribution in [0.5, 0.6) is 0 Å². The Morgan fingerprint density at radius 2 is 2.05 bits per heavy atom. The Morgan fingerprint density at radius 1 is 1.33 bits per heavy atom. The molecule has 21 heavy (non-hydrogen) atoms. The molecule has 2 nitrogen and oxygen atoms in total. The van der Waals surface area contributed by atoms with Gasteiger partial charge in [0.2, 0.25) is 0 Å². The lowest BCUT2D eigenvalue weighted by Crippen LogP contribution is -2.37. The molecule has 0 aliphatic carbocycles. The Bertz CT molecular complexity index is 477. The fourth-order valence-corrected chi connectivity index (χ4v) is 3.37. The van der Waals surface area contributed by atoms with E-state index in [0.29, 0.717) is 12.0 Å². The molecule has 1 unspecified atom stereocenters. The monoisotopic (exact) mass is 308 g/mol. The van der Waals surface area contributed by atoms with E-state index in [0.717, 1.165) is 18.1 Å². The highest BCUT2D eigenvalue weighted by molar-refractivity contribution is 6.31. The van der Waals surface area contributed by atoms with Gasteiger partial charge >= 0.3 is 0 Å². The van der Waals surface area contributed by atoms with E-state index in [9.17, 15) is 0 Å². The molecule has 0 radical (unpaired) electrons. The molecule has 118 valence electrons. The summed E-state index contributed by atoms with van der Waals surface area (Å²) in [6.45, 7) is 13.2. The molecule has 1 heterocycles. The average Bonchev–Trinajstić information content (AvgIpc) is 2.85. The van der Waals surface area contributed by atoms with Crippen LogP contribution in [0.15, 0.2) is 18.2 Å². The Hall–Kier alpha value is -0.730. The minimum atomic E-state index is 0.0961. The van der Waals surface area contributed by atoms with Gasteiger partial charge in [0.25, 0.3) is 0 Å². The van der Waals surface area contributed by atoms with Crippen molar-refractivity contribution in [1.82, 2.24) is 5.32 Å². The van der Waals surface area contributed by atoms with Gasteiger partial charge in [0.1, 0.15) is 0 Å². The van der Waals surface area contributed by atoms with Crippen LogP contribution in [0.4, 0.5) is 5.69 Å². The van der Waals surface area contributed by atoms with E-state index < -0.39 is 0 Å². The van der Waals surface area contributed by atoms with Crippen molar-refractivity contribution >= 4 is 17.3 Å². The first-order valence-electron chi connectivity index (χ1n) is 8.08. The molecular formula is C18H29ClN2. The number of hydrogen-bond donors (Lipinski definition) is 1. The smallest absolute Gasteiger partial charge is 0.0471 e. The van der Waals surface area contributed by atoms with Crippen LogP contribution < -0.4 is 10.2 Å². The maximum atomic E-state index is 6.50. The van der Waals surface area contributed by atoms with E-state index in [1.54, 1.807) is 0 Å². The molecule has 1 aromatic carbocycles. The molecule has 1 saturated heterocycles. The predicted octanol–water partition coefficient (Wildman–Crippen LogP) is 4.85. The third-order valence-corrected chi connectivity index (χ3v) is 4.62. The van der Waals surface area contributed by atoms with Crippen molar-refractivity contribution in [2.75, 3.05) is 11.4 Å². The third kappa shape index (κ3) is 4.14. The van der Waals surface area contributed by atoms with Crippen molar-refractivity contribution in [2.24, 2.45) is 5.92 Å². The van der Waals surface area contributed by atoms with E-state index in [4.69, 9.17) is 11.6 Å². The topological polar surface area (TPSA) is 15.3 Å². The van der Waals surface area contributed by atoms with Gasteiger partial charge in [-0.15, -0.1) is 0 Å². The van der Waals surface area contributed by atoms with E-state index in [1.807, 2.05) is 6.07 Å². The molecule has 0 amide bonds. The summed E-state index contributed by atoms with van der Waals surface area (Å²) in [7, 11) is 0. The summed E-state index contributed by atoms with van der Waals surface area (Å²) in [4.78, 5) is 2.57. The van der Waals surface area contributed by atoms with Gasteiger partial charge < -0.3 is 10.2 Å². The molecule has 2 rings (SSSR count). The SMILES string of the molecule is CC(C)C1CCCN1c1cccc(Cl)c1CNC(C)(C)C. The van der Waals surface area contributed by atoms with Crippen LogP contribution in [0.25, 0.3) is 0 Å². The van der Waals surface area contributed by atoms with Gasteiger partial charge in [-0.3, -0.25) is 0 Å². The molecule has 0 aromatic heterocycles. The highest BCUT2D eigenvalue weighted by atomic mass is 35.5. The number of benzene rings is 1. The maximum absolute atomic E-state index is 6.50. The molecule has 1 fully saturated rings. The highest BCUT2D eigenvalue weighted by Crippen LogP contribution is 2.35. The molecule has 1 atom stereocenters. The van der Waals surface area contributed by atoms with E-state index >= 15 is 0 Å². The standard InChI is InChI=1S/C18H29ClN2/c1-13(2)16-10-7-11-21(16)17-9-6-8-15(19)14(17)12-20-18(3,4)5/h6,8-9,13,16,20H,7,10-12H2,1-5H3. The maximum Gasteiger partial charge on any atom is 0.0471 e. The minimum Gasteiger partial charge on any atom is -0.368 e. The molecule has 1 aliphatic heterocycles. The zero-order chi connectivity index (χ0) is 15.6. The Labute approximate surface area is 134 Å². The Balaban J connectivity index is 2.28. The lowest BCUT2D eigenvalue weighted by atomic mass is 10.0. The van der Waals surface area contributed by atoms with Crippen LogP contribution in [0.2, 0.25) is 5.02 Å². The van der Waals surface area contributed by atoms with Gasteiger partial charge in [-0.05, 0) is 51.7 Å². The van der Waals surface area contributed by atoms with Crippen LogP contribution in [0, 0.1) is 5.92 Å². The summed E-state index contributed by atoms with van der Waals surface area (Å²) >= 11 is 6.50. The largest absolute Gasteiger partial charge is 0.368 e. The lowest BCUT2D eigenvalue weighted by Gasteiger charge is -2.32. The Kier molecular flexibility index (Phi) is 5.21. The van der Waals surface area contributed by atoms with E-state index in [2.05, 4.69) is 57.0 Å². The van der Waals surface area contributed by atoms with Crippen molar-refractivity contribution in [2.45, 2.75) is 65.6 Å². The molecule has 0 saturated carbocycles. The molecule has 1 aromatic rings. The summed E-state index contributed by atoms with van der Waals surface area (Å²) < 4.78 is 0. The second kappa shape index (κ2) is 6.58. The first kappa shape index (κ1) is 16.6. The first-order valence-corrected chi connectivity index (χ1v) is 8.46. The van der Waals surface area contributed by atoms with Crippen molar-refractivity contribution in [3.63, 3.8) is 0 Å². The summed E-state index contributed by atoms with van der Waals surface area (Å²) in [6, 6.07) is 6.95. The van der Waals surface area contributed by atoms with Gasteiger partial charge in [0.15, 0.2) is 0 Å². The molecular weight excluding hydrogens is 280 g/mol. The molecule has 3 heteroatoms. The van der Waals surface area contributed by atoms with Crippen molar-refractivity contribution < 1.29 is 0 Å². The van der Waals surface area contributed by atoms with Crippen LogP contribution in [-0.2, 0) is 6.54 Å². The number of halogens is 1. The second-order valence-electron chi connectivity index (χ2n) is 7.49. The van der Waals surface area contributed by atoms with Crippen LogP contribution in [-0.4, -0.2) is 18.1 Å². The lowest BCUT2D eigenvalue weighted by molar-refractivity contribution is 0.423. The van der Waals surface area contributed by atoms with Crippen LogP contribution in [0.3, 0.4) is 0 Å². The summed E-state index contributed by atoms with van der Waals surface area (Å²) in [5, 5.41) is 4.45. The normalized spacial score (nSPS) is 19.6. The van der Waals surface area contributed by atoms with Crippen LogP contribution >= 0.6 is 11.6 Å². The van der Waals surface area contributed by atoms with Gasteiger partial charge in [-0.25, -0.2) is 0 Å². The molecule has 1 aliphatic rings. The van der Waals surface area contributed by atoms with Gasteiger partial charge in [0.05, 0.1) is 0 Å². The summed E-state index contributed by atoms with van der Waals surface area (Å²) in [5.74, 6) is 0.676. The van der Waals surface area contributed by atoms with Crippen LogP contribution in [0.1, 0.15) is 53.0 Å². The van der Waals surface area contributed by atoms with E-state index in [1.165, 1.54) is 24.1 Å². The fourth-order valence-electron chi connectivity index (χ4n) is 3.13.